The van der Waals surface area contributed by atoms with Gasteiger partial charge >= 0.3 is 5.97 Å². The average Bonchev–Trinajstić information content (AvgIpc) is 2.77. The Labute approximate surface area is 192 Å². The van der Waals surface area contributed by atoms with Crippen molar-refractivity contribution in [2.75, 3.05) is 20.8 Å². The predicted octanol–water partition coefficient (Wildman–Crippen LogP) is 1.97. The van der Waals surface area contributed by atoms with Crippen molar-refractivity contribution in [3.8, 4) is 0 Å². The first-order valence-corrected chi connectivity index (χ1v) is 11.6. The summed E-state index contributed by atoms with van der Waals surface area (Å²) in [6, 6.07) is 0. The lowest BCUT2D eigenvalue weighted by molar-refractivity contribution is -0.167. The number of carbonyl (C=O) groups is 1. The van der Waals surface area contributed by atoms with Crippen LogP contribution in [0.25, 0.3) is 0 Å². The van der Waals surface area contributed by atoms with Crippen LogP contribution in [-0.4, -0.2) is 83.8 Å². The van der Waals surface area contributed by atoms with Gasteiger partial charge in [0.2, 0.25) is 0 Å². The summed E-state index contributed by atoms with van der Waals surface area (Å²) in [5.74, 6) is -0.876. The summed E-state index contributed by atoms with van der Waals surface area (Å²) in [4.78, 5) is 12.8. The van der Waals surface area contributed by atoms with Gasteiger partial charge in [0, 0.05) is 45.0 Å². The Balaban J connectivity index is 3.29. The van der Waals surface area contributed by atoms with Crippen molar-refractivity contribution in [1.82, 2.24) is 0 Å². The summed E-state index contributed by atoms with van der Waals surface area (Å²) in [7, 11) is 2.95. The Hall–Kier alpha value is -1.03. The molecule has 7 atom stereocenters. The molecule has 0 bridgehead atoms. The molecule has 1 fully saturated rings. The van der Waals surface area contributed by atoms with E-state index in [1.165, 1.54) is 14.2 Å². The topological polar surface area (TPSA) is 126 Å². The van der Waals surface area contributed by atoms with Crippen LogP contribution in [0.1, 0.15) is 66.2 Å². The highest BCUT2D eigenvalue weighted by atomic mass is 16.6. The Kier molecular flexibility index (Phi) is 12.3. The van der Waals surface area contributed by atoms with Crippen LogP contribution in [0.15, 0.2) is 11.6 Å². The number of rotatable bonds is 6. The fourth-order valence-corrected chi connectivity index (χ4v) is 4.06. The van der Waals surface area contributed by atoms with Crippen LogP contribution in [0.2, 0.25) is 0 Å². The lowest BCUT2D eigenvalue weighted by Crippen LogP contribution is -2.44. The molecule has 188 valence electrons. The van der Waals surface area contributed by atoms with Crippen LogP contribution in [0, 0.1) is 11.3 Å². The fraction of sp³-hybridized carbons (Fsp3) is 0.875. The quantitative estimate of drug-likeness (QED) is 0.350. The van der Waals surface area contributed by atoms with Gasteiger partial charge in [0.25, 0.3) is 0 Å². The van der Waals surface area contributed by atoms with Crippen molar-refractivity contribution < 1.29 is 39.4 Å². The van der Waals surface area contributed by atoms with E-state index in [1.54, 1.807) is 0 Å². The number of esters is 1. The Morgan fingerprint density at radius 1 is 1.16 bits per heavy atom. The first-order chi connectivity index (χ1) is 15.0. The zero-order valence-electron chi connectivity index (χ0n) is 20.5. The van der Waals surface area contributed by atoms with Crippen molar-refractivity contribution in [3.05, 3.63) is 11.6 Å². The molecule has 0 amide bonds. The molecule has 1 heterocycles. The van der Waals surface area contributed by atoms with E-state index >= 15 is 0 Å². The summed E-state index contributed by atoms with van der Waals surface area (Å²) < 4.78 is 16.6. The summed E-state index contributed by atoms with van der Waals surface area (Å²) in [6.45, 7) is 7.38. The van der Waals surface area contributed by atoms with Gasteiger partial charge in [-0.3, -0.25) is 0 Å². The van der Waals surface area contributed by atoms with E-state index in [4.69, 9.17) is 14.2 Å². The molecule has 0 aromatic carbocycles. The zero-order valence-corrected chi connectivity index (χ0v) is 20.5. The van der Waals surface area contributed by atoms with Gasteiger partial charge in [0.05, 0.1) is 24.4 Å². The van der Waals surface area contributed by atoms with E-state index in [2.05, 4.69) is 0 Å². The third-order valence-electron chi connectivity index (χ3n) is 6.90. The molecule has 32 heavy (non-hydrogen) atoms. The summed E-state index contributed by atoms with van der Waals surface area (Å²) >= 11 is 0. The zero-order chi connectivity index (χ0) is 24.5. The molecule has 0 aliphatic carbocycles. The maximum Gasteiger partial charge on any atom is 0.338 e. The minimum absolute atomic E-state index is 0.0264. The second-order valence-corrected chi connectivity index (χ2v) is 9.52. The molecule has 0 radical (unpaired) electrons. The fourth-order valence-electron chi connectivity index (χ4n) is 4.06. The molecule has 0 spiro atoms. The van der Waals surface area contributed by atoms with Crippen LogP contribution in [0.4, 0.5) is 0 Å². The molecular formula is C24H44O8. The van der Waals surface area contributed by atoms with E-state index in [1.807, 2.05) is 33.8 Å². The SMILES string of the molecule is CC[C@H](/C=C(/C)[C@@H]1C[C@@H](OC)C[C@H](O)C(C)(C)[C@H](O)CCC[C@@H](OC)[C@H](O)C(=O)O1)CO. The van der Waals surface area contributed by atoms with Gasteiger partial charge in [-0.25, -0.2) is 4.79 Å². The van der Waals surface area contributed by atoms with Crippen LogP contribution < -0.4 is 0 Å². The number of carbonyl (C=O) groups excluding carboxylic acids is 1. The summed E-state index contributed by atoms with van der Waals surface area (Å²) in [5.41, 5.74) is -0.0353. The van der Waals surface area contributed by atoms with Gasteiger partial charge in [-0.05, 0) is 38.2 Å². The van der Waals surface area contributed by atoms with Crippen LogP contribution in [-0.2, 0) is 19.0 Å². The molecule has 4 N–H and O–H groups in total. The highest BCUT2D eigenvalue weighted by Crippen LogP contribution is 2.33. The maximum atomic E-state index is 12.8. The number of hydrogen-bond acceptors (Lipinski definition) is 8. The molecular weight excluding hydrogens is 416 g/mol. The molecule has 1 aliphatic rings. The number of methoxy groups -OCH3 is 2. The number of aliphatic hydroxyl groups excluding tert-OH is 4. The predicted molar refractivity (Wildman–Crippen MR) is 121 cm³/mol. The van der Waals surface area contributed by atoms with Crippen LogP contribution >= 0.6 is 0 Å². The number of cyclic esters (lactones) is 1. The minimum atomic E-state index is -1.46. The monoisotopic (exact) mass is 460 g/mol. The van der Waals surface area contributed by atoms with E-state index in [0.717, 1.165) is 12.0 Å². The summed E-state index contributed by atoms with van der Waals surface area (Å²) in [5, 5.41) is 41.7. The van der Waals surface area contributed by atoms with Crippen molar-refractivity contribution in [3.63, 3.8) is 0 Å². The standard InChI is InChI=1S/C24H44O8/c1-7-16(14-25)11-15(2)19-12-17(30-5)13-21(27)24(3,4)20(26)10-8-9-18(31-6)22(28)23(29)32-19/h11,16-22,25-28H,7-10,12-14H2,1-6H3/b15-11-/t16-,17-,18-,19+,20-,21+,22+/m1/s1. The van der Waals surface area contributed by atoms with Crippen molar-refractivity contribution >= 4 is 5.97 Å². The maximum absolute atomic E-state index is 12.8. The second kappa shape index (κ2) is 13.6. The van der Waals surface area contributed by atoms with Crippen LogP contribution in [0.3, 0.4) is 0 Å². The molecule has 0 aromatic heterocycles. The van der Waals surface area contributed by atoms with Gasteiger partial charge < -0.3 is 34.6 Å². The molecule has 8 nitrogen and oxygen atoms in total. The van der Waals surface area contributed by atoms with Crippen LogP contribution in [0.5, 0.6) is 0 Å². The van der Waals surface area contributed by atoms with Gasteiger partial charge in [0.15, 0.2) is 6.10 Å². The van der Waals surface area contributed by atoms with Gasteiger partial charge in [-0.2, -0.15) is 0 Å². The smallest absolute Gasteiger partial charge is 0.338 e. The Morgan fingerprint density at radius 3 is 2.34 bits per heavy atom. The Morgan fingerprint density at radius 2 is 1.81 bits per heavy atom. The van der Waals surface area contributed by atoms with E-state index < -0.39 is 48.0 Å². The molecule has 0 aromatic rings. The molecule has 8 heteroatoms. The number of aliphatic hydroxyl groups is 4. The van der Waals surface area contributed by atoms with E-state index in [9.17, 15) is 25.2 Å². The van der Waals surface area contributed by atoms with Gasteiger partial charge in [-0.15, -0.1) is 0 Å². The molecule has 0 saturated carbocycles. The number of ether oxygens (including phenoxy) is 3. The molecule has 1 saturated heterocycles. The second-order valence-electron chi connectivity index (χ2n) is 9.52. The summed E-state index contributed by atoms with van der Waals surface area (Å²) in [6.07, 6.45) is -0.626. The minimum Gasteiger partial charge on any atom is -0.456 e. The third-order valence-corrected chi connectivity index (χ3v) is 6.90. The van der Waals surface area contributed by atoms with Crippen molar-refractivity contribution in [1.29, 1.82) is 0 Å². The lowest BCUT2D eigenvalue weighted by atomic mass is 9.76. The highest BCUT2D eigenvalue weighted by molar-refractivity contribution is 5.75. The highest BCUT2D eigenvalue weighted by Gasteiger charge is 2.38. The average molecular weight is 461 g/mol. The van der Waals surface area contributed by atoms with Gasteiger partial charge in [0.1, 0.15) is 6.10 Å². The molecule has 0 unspecified atom stereocenters. The Bertz CT molecular complexity index is 587. The van der Waals surface area contributed by atoms with Gasteiger partial charge in [-0.1, -0.05) is 26.8 Å². The molecule has 1 aliphatic heterocycles. The lowest BCUT2D eigenvalue weighted by Gasteiger charge is -2.38. The first kappa shape index (κ1) is 29.0. The first-order valence-electron chi connectivity index (χ1n) is 11.6. The normalized spacial score (nSPS) is 34.4. The van der Waals surface area contributed by atoms with E-state index in [-0.39, 0.29) is 25.4 Å². The molecule has 1 rings (SSSR count). The van der Waals surface area contributed by atoms with E-state index in [0.29, 0.717) is 19.3 Å². The van der Waals surface area contributed by atoms with Crippen molar-refractivity contribution in [2.24, 2.45) is 11.3 Å². The third kappa shape index (κ3) is 8.08. The number of hydrogen-bond donors (Lipinski definition) is 4. The van der Waals surface area contributed by atoms with Crippen molar-refractivity contribution in [2.45, 2.75) is 103 Å². The largest absolute Gasteiger partial charge is 0.456 e.